The fraction of sp³-hybridized carbons (Fsp3) is 0.500. The molecule has 0 aromatic heterocycles. The minimum Gasteiger partial charge on any atom is -0.459 e. The molecule has 1 N–H and O–H groups in total. The lowest BCUT2D eigenvalue weighted by molar-refractivity contribution is -0.152. The number of carbonyl (C=O) groups excluding carboxylic acids is 1. The summed E-state index contributed by atoms with van der Waals surface area (Å²) in [6.07, 6.45) is 2.70. The highest BCUT2D eigenvalue weighted by atomic mass is 79.9. The Morgan fingerprint density at radius 1 is 1.56 bits per heavy atom. The molecule has 2 rings (SSSR count). The number of esters is 1. The van der Waals surface area contributed by atoms with Crippen molar-refractivity contribution < 1.29 is 9.53 Å². The van der Waals surface area contributed by atoms with Gasteiger partial charge in [0.15, 0.2) is 0 Å². The van der Waals surface area contributed by atoms with Crippen molar-refractivity contribution in [2.75, 3.05) is 6.54 Å². The topological polar surface area (TPSA) is 38.3 Å². The molecule has 1 aliphatic heterocycles. The van der Waals surface area contributed by atoms with Crippen LogP contribution in [0.5, 0.6) is 0 Å². The van der Waals surface area contributed by atoms with Crippen molar-refractivity contribution in [2.24, 2.45) is 0 Å². The number of halogens is 1. The third-order valence-corrected chi connectivity index (χ3v) is 3.99. The highest BCUT2D eigenvalue weighted by Crippen LogP contribution is 2.25. The van der Waals surface area contributed by atoms with Crippen LogP contribution in [0.1, 0.15) is 31.7 Å². The van der Waals surface area contributed by atoms with Crippen LogP contribution in [0.25, 0.3) is 0 Å². The van der Waals surface area contributed by atoms with Crippen molar-refractivity contribution in [1.29, 1.82) is 0 Å². The monoisotopic (exact) mass is 311 g/mol. The van der Waals surface area contributed by atoms with Crippen LogP contribution in [-0.2, 0) is 16.1 Å². The molecule has 0 saturated carbocycles. The van der Waals surface area contributed by atoms with E-state index in [1.807, 2.05) is 31.2 Å². The van der Waals surface area contributed by atoms with Gasteiger partial charge in [0.05, 0.1) is 0 Å². The Balaban J connectivity index is 1.95. The van der Waals surface area contributed by atoms with Crippen LogP contribution in [0.3, 0.4) is 0 Å². The number of carbonyl (C=O) groups is 1. The van der Waals surface area contributed by atoms with Crippen LogP contribution < -0.4 is 5.32 Å². The molecular formula is C14H18BrNO2. The maximum Gasteiger partial charge on any atom is 0.326 e. The first-order valence-corrected chi connectivity index (χ1v) is 7.12. The van der Waals surface area contributed by atoms with Gasteiger partial charge in [-0.3, -0.25) is 4.79 Å². The Labute approximate surface area is 116 Å². The number of rotatable bonds is 4. The number of ether oxygens (including phenoxy) is 1. The van der Waals surface area contributed by atoms with Crippen LogP contribution >= 0.6 is 15.9 Å². The standard InChI is InChI=1S/C14H18BrNO2/c1-2-14(7-4-8-16-14)13(17)18-10-11-5-3-6-12(15)9-11/h3,5-6,9,16H,2,4,7-8,10H2,1H3. The normalized spacial score (nSPS) is 23.0. The molecule has 1 atom stereocenters. The first kappa shape index (κ1) is 13.6. The second-order valence-corrected chi connectivity index (χ2v) is 5.59. The van der Waals surface area contributed by atoms with Crippen LogP contribution in [-0.4, -0.2) is 18.1 Å². The summed E-state index contributed by atoms with van der Waals surface area (Å²) in [5, 5.41) is 3.28. The predicted octanol–water partition coefficient (Wildman–Crippen LogP) is 3.02. The van der Waals surface area contributed by atoms with Crippen molar-refractivity contribution in [3.05, 3.63) is 34.3 Å². The molecule has 18 heavy (non-hydrogen) atoms. The molecule has 0 bridgehead atoms. The molecule has 1 unspecified atom stereocenters. The van der Waals surface area contributed by atoms with E-state index in [0.29, 0.717) is 6.61 Å². The van der Waals surface area contributed by atoms with Crippen LogP contribution in [0, 0.1) is 0 Å². The van der Waals surface area contributed by atoms with E-state index in [4.69, 9.17) is 4.74 Å². The molecule has 1 aromatic carbocycles. The Kier molecular flexibility index (Phi) is 4.40. The van der Waals surface area contributed by atoms with Gasteiger partial charge in [0.1, 0.15) is 12.1 Å². The Hall–Kier alpha value is -0.870. The molecule has 1 fully saturated rings. The van der Waals surface area contributed by atoms with E-state index in [1.54, 1.807) is 0 Å². The van der Waals surface area contributed by atoms with Gasteiger partial charge in [-0.05, 0) is 43.5 Å². The third kappa shape index (κ3) is 2.93. The van der Waals surface area contributed by atoms with Gasteiger partial charge < -0.3 is 10.1 Å². The van der Waals surface area contributed by atoms with Gasteiger partial charge in [0, 0.05) is 4.47 Å². The largest absolute Gasteiger partial charge is 0.459 e. The summed E-state index contributed by atoms with van der Waals surface area (Å²) in [5.74, 6) is -0.123. The number of benzene rings is 1. The lowest BCUT2D eigenvalue weighted by atomic mass is 9.94. The molecule has 0 aliphatic carbocycles. The van der Waals surface area contributed by atoms with Gasteiger partial charge in [-0.1, -0.05) is 35.0 Å². The van der Waals surface area contributed by atoms with Gasteiger partial charge in [0.25, 0.3) is 0 Å². The zero-order chi connectivity index (χ0) is 13.0. The lowest BCUT2D eigenvalue weighted by Crippen LogP contribution is -2.48. The Morgan fingerprint density at radius 3 is 3.00 bits per heavy atom. The quantitative estimate of drug-likeness (QED) is 0.869. The minimum atomic E-state index is -0.452. The van der Waals surface area contributed by atoms with Gasteiger partial charge >= 0.3 is 5.97 Å². The molecular weight excluding hydrogens is 294 g/mol. The fourth-order valence-electron chi connectivity index (χ4n) is 2.34. The van der Waals surface area contributed by atoms with Crippen molar-refractivity contribution in [3.63, 3.8) is 0 Å². The third-order valence-electron chi connectivity index (χ3n) is 3.50. The summed E-state index contributed by atoms with van der Waals surface area (Å²) < 4.78 is 6.44. The molecule has 0 amide bonds. The highest BCUT2D eigenvalue weighted by Gasteiger charge is 2.40. The molecule has 1 aromatic rings. The molecule has 98 valence electrons. The maximum atomic E-state index is 12.2. The lowest BCUT2D eigenvalue weighted by Gasteiger charge is -2.25. The highest BCUT2D eigenvalue weighted by molar-refractivity contribution is 9.10. The zero-order valence-electron chi connectivity index (χ0n) is 10.5. The van der Waals surface area contributed by atoms with Gasteiger partial charge in [-0.25, -0.2) is 0 Å². The minimum absolute atomic E-state index is 0.123. The second kappa shape index (κ2) is 5.85. The first-order chi connectivity index (χ1) is 8.66. The van der Waals surface area contributed by atoms with Crippen molar-refractivity contribution >= 4 is 21.9 Å². The molecule has 1 saturated heterocycles. The summed E-state index contributed by atoms with van der Waals surface area (Å²) >= 11 is 3.41. The summed E-state index contributed by atoms with van der Waals surface area (Å²) in [5.41, 5.74) is 0.549. The van der Waals surface area contributed by atoms with Crippen molar-refractivity contribution in [1.82, 2.24) is 5.32 Å². The summed E-state index contributed by atoms with van der Waals surface area (Å²) in [7, 11) is 0. The smallest absolute Gasteiger partial charge is 0.326 e. The van der Waals surface area contributed by atoms with Gasteiger partial charge in [-0.2, -0.15) is 0 Å². The summed E-state index contributed by atoms with van der Waals surface area (Å²) in [6, 6.07) is 7.82. The Bertz CT molecular complexity index is 428. The molecule has 1 aliphatic rings. The van der Waals surface area contributed by atoms with Gasteiger partial charge in [0.2, 0.25) is 0 Å². The second-order valence-electron chi connectivity index (χ2n) is 4.67. The van der Waals surface area contributed by atoms with E-state index >= 15 is 0 Å². The molecule has 0 radical (unpaired) electrons. The predicted molar refractivity (Wildman–Crippen MR) is 74.2 cm³/mol. The van der Waals surface area contributed by atoms with Gasteiger partial charge in [-0.15, -0.1) is 0 Å². The number of hydrogen-bond donors (Lipinski definition) is 1. The maximum absolute atomic E-state index is 12.2. The summed E-state index contributed by atoms with van der Waals surface area (Å²) in [6.45, 7) is 3.26. The van der Waals surface area contributed by atoms with Crippen molar-refractivity contribution in [3.8, 4) is 0 Å². The number of nitrogens with one attached hydrogen (secondary N) is 1. The zero-order valence-corrected chi connectivity index (χ0v) is 12.1. The fourth-order valence-corrected chi connectivity index (χ4v) is 2.79. The SMILES string of the molecule is CCC1(C(=O)OCc2cccc(Br)c2)CCCN1. The first-order valence-electron chi connectivity index (χ1n) is 6.33. The molecule has 3 nitrogen and oxygen atoms in total. The van der Waals surface area contributed by atoms with Crippen LogP contribution in [0.15, 0.2) is 28.7 Å². The summed E-state index contributed by atoms with van der Waals surface area (Å²) in [4.78, 5) is 12.2. The van der Waals surface area contributed by atoms with E-state index in [1.165, 1.54) is 0 Å². The van der Waals surface area contributed by atoms with Crippen LogP contribution in [0.2, 0.25) is 0 Å². The average Bonchev–Trinajstić information content (AvgIpc) is 2.86. The molecule has 4 heteroatoms. The Morgan fingerprint density at radius 2 is 2.39 bits per heavy atom. The van der Waals surface area contributed by atoms with Crippen LogP contribution in [0.4, 0.5) is 0 Å². The molecule has 0 spiro atoms. The number of hydrogen-bond acceptors (Lipinski definition) is 3. The molecule has 1 heterocycles. The van der Waals surface area contributed by atoms with E-state index in [-0.39, 0.29) is 5.97 Å². The van der Waals surface area contributed by atoms with E-state index in [0.717, 1.165) is 35.8 Å². The van der Waals surface area contributed by atoms with E-state index < -0.39 is 5.54 Å². The van der Waals surface area contributed by atoms with E-state index in [2.05, 4.69) is 21.2 Å². The van der Waals surface area contributed by atoms with Crippen molar-refractivity contribution in [2.45, 2.75) is 38.3 Å². The average molecular weight is 312 g/mol. The van der Waals surface area contributed by atoms with E-state index in [9.17, 15) is 4.79 Å².